The number of hydrogen-bond acceptors (Lipinski definition) is 0. The molecule has 1 unspecified atom stereocenters. The Hall–Kier alpha value is -1.56. The quantitative estimate of drug-likeness (QED) is 0.676. The summed E-state index contributed by atoms with van der Waals surface area (Å²) in [5.41, 5.74) is 6.91. The van der Waals surface area contributed by atoms with Gasteiger partial charge in [-0.1, -0.05) is 55.5 Å². The second-order valence-corrected chi connectivity index (χ2v) is 4.62. The lowest BCUT2D eigenvalue weighted by molar-refractivity contribution is 0.791. The van der Waals surface area contributed by atoms with Gasteiger partial charge in [-0.3, -0.25) is 0 Å². The van der Waals surface area contributed by atoms with Crippen LogP contribution in [-0.4, -0.2) is 0 Å². The first-order chi connectivity index (χ1) is 8.22. The van der Waals surface area contributed by atoms with Crippen LogP contribution in [0.5, 0.6) is 0 Å². The minimum atomic E-state index is 0.522. The SMILES string of the molecule is C=CC1=C(/C=C\C)c2cc(C)ccc2C1CC. The van der Waals surface area contributed by atoms with E-state index in [1.54, 1.807) is 0 Å². The summed E-state index contributed by atoms with van der Waals surface area (Å²) in [5.74, 6) is 0.522. The fourth-order valence-electron chi connectivity index (χ4n) is 2.76. The molecule has 0 bridgehead atoms. The van der Waals surface area contributed by atoms with Crippen molar-refractivity contribution in [2.75, 3.05) is 0 Å². The van der Waals surface area contributed by atoms with Crippen molar-refractivity contribution in [3.05, 3.63) is 65.3 Å². The highest BCUT2D eigenvalue weighted by atomic mass is 14.3. The van der Waals surface area contributed by atoms with E-state index < -0.39 is 0 Å². The van der Waals surface area contributed by atoms with Crippen molar-refractivity contribution >= 4 is 5.57 Å². The molecule has 0 nitrogen and oxygen atoms in total. The molecular weight excluding hydrogens is 204 g/mol. The van der Waals surface area contributed by atoms with E-state index in [4.69, 9.17) is 0 Å². The maximum atomic E-state index is 3.99. The van der Waals surface area contributed by atoms with Crippen molar-refractivity contribution in [3.8, 4) is 0 Å². The number of benzene rings is 1. The Bertz CT molecular complexity index is 501. The Morgan fingerprint density at radius 1 is 1.35 bits per heavy atom. The number of allylic oxidation sites excluding steroid dienone is 5. The van der Waals surface area contributed by atoms with Crippen LogP contribution in [0, 0.1) is 6.92 Å². The van der Waals surface area contributed by atoms with Gasteiger partial charge >= 0.3 is 0 Å². The topological polar surface area (TPSA) is 0 Å². The molecule has 0 heteroatoms. The van der Waals surface area contributed by atoms with Gasteiger partial charge in [0.25, 0.3) is 0 Å². The largest absolute Gasteiger partial charge is 0.0987 e. The molecule has 0 heterocycles. The van der Waals surface area contributed by atoms with Gasteiger partial charge in [0.15, 0.2) is 0 Å². The second kappa shape index (κ2) is 4.75. The van der Waals surface area contributed by atoms with Gasteiger partial charge in [-0.25, -0.2) is 0 Å². The zero-order valence-electron chi connectivity index (χ0n) is 11.0. The second-order valence-electron chi connectivity index (χ2n) is 4.62. The van der Waals surface area contributed by atoms with Crippen molar-refractivity contribution < 1.29 is 0 Å². The van der Waals surface area contributed by atoms with Gasteiger partial charge in [-0.05, 0) is 42.5 Å². The van der Waals surface area contributed by atoms with Gasteiger partial charge in [-0.15, -0.1) is 0 Å². The zero-order chi connectivity index (χ0) is 12.4. The van der Waals surface area contributed by atoms with Crippen LogP contribution in [0.2, 0.25) is 0 Å². The van der Waals surface area contributed by atoms with Crippen molar-refractivity contribution in [3.63, 3.8) is 0 Å². The Labute approximate surface area is 104 Å². The molecule has 0 aliphatic heterocycles. The van der Waals surface area contributed by atoms with Crippen molar-refractivity contribution in [1.29, 1.82) is 0 Å². The van der Waals surface area contributed by atoms with E-state index in [2.05, 4.69) is 57.7 Å². The first kappa shape index (κ1) is 11.9. The molecule has 1 aromatic carbocycles. The number of aryl methyl sites for hydroxylation is 1. The van der Waals surface area contributed by atoms with Crippen molar-refractivity contribution in [1.82, 2.24) is 0 Å². The van der Waals surface area contributed by atoms with E-state index in [0.29, 0.717) is 5.92 Å². The highest BCUT2D eigenvalue weighted by Gasteiger charge is 2.26. The number of rotatable bonds is 3. The first-order valence-electron chi connectivity index (χ1n) is 6.33. The summed E-state index contributed by atoms with van der Waals surface area (Å²) in [6.07, 6.45) is 7.49. The molecule has 1 aromatic rings. The number of hydrogen-bond donors (Lipinski definition) is 0. The lowest BCUT2D eigenvalue weighted by Crippen LogP contribution is -1.95. The summed E-state index contributed by atoms with van der Waals surface area (Å²) < 4.78 is 0. The third-order valence-electron chi connectivity index (χ3n) is 3.52. The standard InChI is InChI=1S/C17H20/c1-5-8-15-13(6-2)14(7-3)16-10-9-12(4)11-17(15)16/h5-6,8-11,14H,2,7H2,1,3-4H3/b8-5-. The normalized spacial score (nSPS) is 18.9. The van der Waals surface area contributed by atoms with Crippen LogP contribution in [0.25, 0.3) is 5.57 Å². The monoisotopic (exact) mass is 224 g/mol. The number of fused-ring (bicyclic) bond motifs is 1. The Morgan fingerprint density at radius 3 is 2.71 bits per heavy atom. The highest BCUT2D eigenvalue weighted by molar-refractivity contribution is 5.86. The average Bonchev–Trinajstić information content (AvgIpc) is 2.62. The van der Waals surface area contributed by atoms with Crippen LogP contribution < -0.4 is 0 Å². The minimum absolute atomic E-state index is 0.522. The van der Waals surface area contributed by atoms with Crippen LogP contribution in [0.15, 0.2) is 48.6 Å². The van der Waals surface area contributed by atoms with E-state index in [1.165, 1.54) is 27.8 Å². The van der Waals surface area contributed by atoms with Crippen molar-refractivity contribution in [2.24, 2.45) is 0 Å². The molecule has 2 rings (SSSR count). The zero-order valence-corrected chi connectivity index (χ0v) is 11.0. The summed E-state index contributed by atoms with van der Waals surface area (Å²) in [5, 5.41) is 0. The maximum Gasteiger partial charge on any atom is 0.00988 e. The van der Waals surface area contributed by atoms with E-state index in [-0.39, 0.29) is 0 Å². The fourth-order valence-corrected chi connectivity index (χ4v) is 2.76. The van der Waals surface area contributed by atoms with E-state index in [1.807, 2.05) is 6.08 Å². The van der Waals surface area contributed by atoms with E-state index in [0.717, 1.165) is 6.42 Å². The Balaban J connectivity index is 2.67. The van der Waals surface area contributed by atoms with Crippen LogP contribution >= 0.6 is 0 Å². The molecule has 0 fully saturated rings. The molecule has 0 saturated carbocycles. The van der Waals surface area contributed by atoms with Gasteiger partial charge in [0.05, 0.1) is 0 Å². The van der Waals surface area contributed by atoms with Gasteiger partial charge in [-0.2, -0.15) is 0 Å². The average molecular weight is 224 g/mol. The minimum Gasteiger partial charge on any atom is -0.0987 e. The highest BCUT2D eigenvalue weighted by Crippen LogP contribution is 2.44. The van der Waals surface area contributed by atoms with Crippen LogP contribution in [0.1, 0.15) is 42.9 Å². The molecule has 1 atom stereocenters. The predicted molar refractivity (Wildman–Crippen MR) is 76.1 cm³/mol. The molecular formula is C17H20. The Morgan fingerprint density at radius 2 is 2.12 bits per heavy atom. The van der Waals surface area contributed by atoms with Gasteiger partial charge in [0, 0.05) is 5.92 Å². The van der Waals surface area contributed by atoms with Gasteiger partial charge in [0.2, 0.25) is 0 Å². The predicted octanol–water partition coefficient (Wildman–Crippen LogP) is 5.02. The third-order valence-corrected chi connectivity index (χ3v) is 3.52. The van der Waals surface area contributed by atoms with E-state index >= 15 is 0 Å². The smallest absolute Gasteiger partial charge is 0.00988 e. The summed E-state index contributed by atoms with van der Waals surface area (Å²) in [6.45, 7) is 10.5. The van der Waals surface area contributed by atoms with Gasteiger partial charge in [0.1, 0.15) is 0 Å². The summed E-state index contributed by atoms with van der Waals surface area (Å²) >= 11 is 0. The van der Waals surface area contributed by atoms with Crippen LogP contribution in [-0.2, 0) is 0 Å². The molecule has 0 N–H and O–H groups in total. The summed E-state index contributed by atoms with van der Waals surface area (Å²) in [4.78, 5) is 0. The first-order valence-corrected chi connectivity index (χ1v) is 6.33. The molecule has 1 aliphatic rings. The molecule has 1 aliphatic carbocycles. The molecule has 0 aromatic heterocycles. The third kappa shape index (κ3) is 1.88. The maximum absolute atomic E-state index is 3.99. The Kier molecular flexibility index (Phi) is 3.33. The molecule has 0 amide bonds. The van der Waals surface area contributed by atoms with Crippen molar-refractivity contribution in [2.45, 2.75) is 33.1 Å². The van der Waals surface area contributed by atoms with Gasteiger partial charge < -0.3 is 0 Å². The summed E-state index contributed by atoms with van der Waals surface area (Å²) in [6, 6.07) is 6.78. The van der Waals surface area contributed by atoms with Crippen LogP contribution in [0.3, 0.4) is 0 Å². The van der Waals surface area contributed by atoms with Crippen LogP contribution in [0.4, 0.5) is 0 Å². The molecule has 88 valence electrons. The fraction of sp³-hybridized carbons (Fsp3) is 0.294. The lowest BCUT2D eigenvalue weighted by Gasteiger charge is -2.11. The molecule has 0 radical (unpaired) electrons. The lowest BCUT2D eigenvalue weighted by atomic mass is 9.93. The molecule has 17 heavy (non-hydrogen) atoms. The van der Waals surface area contributed by atoms with E-state index in [9.17, 15) is 0 Å². The summed E-state index contributed by atoms with van der Waals surface area (Å²) in [7, 11) is 0. The molecule has 0 saturated heterocycles. The molecule has 0 spiro atoms.